The summed E-state index contributed by atoms with van der Waals surface area (Å²) in [5.41, 5.74) is 1.09. The molecule has 6 heteroatoms. The van der Waals surface area contributed by atoms with Crippen LogP contribution in [0.4, 0.5) is 0 Å². The Kier molecular flexibility index (Phi) is 8.07. The third kappa shape index (κ3) is 6.24. The quantitative estimate of drug-likeness (QED) is 0.462. The molecule has 27 heavy (non-hydrogen) atoms. The van der Waals surface area contributed by atoms with Gasteiger partial charge in [-0.25, -0.2) is 0 Å². The van der Waals surface area contributed by atoms with Crippen LogP contribution in [0.25, 0.3) is 0 Å². The number of hydrogen-bond acceptors (Lipinski definition) is 5. The average Bonchev–Trinajstić information content (AvgIpc) is 3.06. The molecule has 0 bridgehead atoms. The number of benzene rings is 1. The van der Waals surface area contributed by atoms with E-state index in [2.05, 4.69) is 19.2 Å². The number of ether oxygens (including phenoxy) is 2. The highest BCUT2D eigenvalue weighted by Crippen LogP contribution is 2.40. The zero-order valence-electron chi connectivity index (χ0n) is 16.4. The van der Waals surface area contributed by atoms with Gasteiger partial charge in [0.25, 0.3) is 0 Å². The molecule has 0 spiro atoms. The smallest absolute Gasteiger partial charge is 0.220 e. The number of unbranched alkanes of at least 4 members (excludes halogenated alkanes) is 1. The van der Waals surface area contributed by atoms with E-state index >= 15 is 0 Å². The molecule has 1 saturated heterocycles. The second-order valence-electron chi connectivity index (χ2n) is 7.62. The molecule has 0 aromatic heterocycles. The van der Waals surface area contributed by atoms with Crippen LogP contribution in [0.2, 0.25) is 0 Å². The van der Waals surface area contributed by atoms with Crippen molar-refractivity contribution in [2.24, 2.45) is 5.92 Å². The van der Waals surface area contributed by atoms with Crippen molar-refractivity contribution in [3.05, 3.63) is 23.8 Å². The minimum atomic E-state index is -0.00330. The van der Waals surface area contributed by atoms with Crippen LogP contribution in [-0.4, -0.2) is 30.1 Å². The predicted octanol–water partition coefficient (Wildman–Crippen LogP) is 5.38. The van der Waals surface area contributed by atoms with Crippen molar-refractivity contribution in [2.45, 2.75) is 63.7 Å². The number of fused-ring (bicyclic) bond motifs is 1. The first-order valence-electron chi connectivity index (χ1n) is 10.1. The molecular formula is C21H31NO3S2. The summed E-state index contributed by atoms with van der Waals surface area (Å²) in [6, 6.07) is 6.04. The molecular weight excluding hydrogens is 378 g/mol. The van der Waals surface area contributed by atoms with Crippen molar-refractivity contribution < 1.29 is 14.3 Å². The van der Waals surface area contributed by atoms with Crippen LogP contribution in [0.1, 0.15) is 64.0 Å². The van der Waals surface area contributed by atoms with Gasteiger partial charge in [-0.2, -0.15) is 0 Å². The van der Waals surface area contributed by atoms with E-state index in [0.717, 1.165) is 41.6 Å². The van der Waals surface area contributed by atoms with E-state index in [1.165, 1.54) is 18.6 Å². The first kappa shape index (κ1) is 20.7. The van der Waals surface area contributed by atoms with E-state index in [-0.39, 0.29) is 11.9 Å². The van der Waals surface area contributed by atoms with Gasteiger partial charge in [-0.05, 0) is 42.9 Å². The summed E-state index contributed by atoms with van der Waals surface area (Å²) in [5.74, 6) is 3.33. The maximum atomic E-state index is 12.5. The maximum absolute atomic E-state index is 12.5. The van der Waals surface area contributed by atoms with Gasteiger partial charge in [0.2, 0.25) is 5.91 Å². The third-order valence-corrected chi connectivity index (χ3v) is 8.03. The molecule has 0 aliphatic carbocycles. The van der Waals surface area contributed by atoms with Gasteiger partial charge in [0.05, 0.1) is 19.3 Å². The van der Waals surface area contributed by atoms with E-state index in [1.807, 2.05) is 39.8 Å². The molecule has 0 unspecified atom stereocenters. The predicted molar refractivity (Wildman–Crippen MR) is 115 cm³/mol. The molecule has 3 rings (SSSR count). The van der Waals surface area contributed by atoms with Gasteiger partial charge in [-0.1, -0.05) is 47.9 Å². The van der Waals surface area contributed by atoms with Gasteiger partial charge >= 0.3 is 0 Å². The monoisotopic (exact) mass is 409 g/mol. The summed E-state index contributed by atoms with van der Waals surface area (Å²) >= 11 is 0. The van der Waals surface area contributed by atoms with Crippen molar-refractivity contribution >= 4 is 27.5 Å². The van der Waals surface area contributed by atoms with Crippen molar-refractivity contribution in [1.29, 1.82) is 0 Å². The highest BCUT2D eigenvalue weighted by Gasteiger charge is 2.21. The summed E-state index contributed by atoms with van der Waals surface area (Å²) in [7, 11) is 4.00. The Balaban J connectivity index is 1.52. The number of carbonyl (C=O) groups excluding carboxylic acids is 1. The van der Waals surface area contributed by atoms with Gasteiger partial charge in [-0.3, -0.25) is 4.79 Å². The lowest BCUT2D eigenvalue weighted by molar-refractivity contribution is -0.122. The largest absolute Gasteiger partial charge is 0.490 e. The minimum absolute atomic E-state index is 0.00330. The van der Waals surface area contributed by atoms with E-state index in [1.54, 1.807) is 0 Å². The molecule has 2 heterocycles. The third-order valence-electron chi connectivity index (χ3n) is 5.02. The Hall–Kier alpha value is -1.01. The number of nitrogens with one attached hydrogen (secondary N) is 1. The SMILES string of the molecule is CC(C)[C@H](NC(=O)CCCC[C@H]1CCSS1)c1ccc2c(c1)OCCCO2. The van der Waals surface area contributed by atoms with Crippen molar-refractivity contribution in [3.63, 3.8) is 0 Å². The van der Waals surface area contributed by atoms with Crippen LogP contribution in [0.5, 0.6) is 11.5 Å². The van der Waals surface area contributed by atoms with Gasteiger partial charge in [0, 0.05) is 23.8 Å². The first-order chi connectivity index (χ1) is 13.1. The van der Waals surface area contributed by atoms with E-state index < -0.39 is 0 Å². The number of amides is 1. The van der Waals surface area contributed by atoms with Gasteiger partial charge < -0.3 is 14.8 Å². The average molecular weight is 410 g/mol. The topological polar surface area (TPSA) is 47.6 Å². The minimum Gasteiger partial charge on any atom is -0.490 e. The highest BCUT2D eigenvalue weighted by molar-refractivity contribution is 8.77. The fraction of sp³-hybridized carbons (Fsp3) is 0.667. The summed E-state index contributed by atoms with van der Waals surface area (Å²) in [4.78, 5) is 12.5. The number of carbonyl (C=O) groups is 1. The number of hydrogen-bond donors (Lipinski definition) is 1. The molecule has 150 valence electrons. The van der Waals surface area contributed by atoms with Gasteiger partial charge in [0.15, 0.2) is 11.5 Å². The van der Waals surface area contributed by atoms with Crippen LogP contribution >= 0.6 is 21.6 Å². The summed E-state index contributed by atoms with van der Waals surface area (Å²) < 4.78 is 11.5. The highest BCUT2D eigenvalue weighted by atomic mass is 33.1. The Morgan fingerprint density at radius 3 is 2.78 bits per heavy atom. The van der Waals surface area contributed by atoms with Crippen molar-refractivity contribution in [1.82, 2.24) is 5.32 Å². The molecule has 4 nitrogen and oxygen atoms in total. The van der Waals surface area contributed by atoms with E-state index in [4.69, 9.17) is 9.47 Å². The fourth-order valence-corrected chi connectivity index (χ4v) is 6.50. The summed E-state index contributed by atoms with van der Waals surface area (Å²) in [5, 5.41) is 4.03. The lowest BCUT2D eigenvalue weighted by Gasteiger charge is -2.24. The molecule has 2 aliphatic heterocycles. The van der Waals surface area contributed by atoms with Crippen LogP contribution < -0.4 is 14.8 Å². The van der Waals surface area contributed by atoms with Gasteiger partial charge in [0.1, 0.15) is 0 Å². The normalized spacial score (nSPS) is 20.3. The fourth-order valence-electron chi connectivity index (χ4n) is 3.48. The van der Waals surface area contributed by atoms with Crippen LogP contribution in [0, 0.1) is 5.92 Å². The second kappa shape index (κ2) is 10.5. The zero-order chi connectivity index (χ0) is 19.1. The standard InChI is InChI=1S/C21H31NO3S2/c1-15(2)21(16-8-9-18-19(14-16)25-12-5-11-24-18)22-20(23)7-4-3-6-17-10-13-26-27-17/h8-9,14-15,17,21H,3-7,10-13H2,1-2H3,(H,22,23)/t17-,21-/m0/s1. The molecule has 1 amide bonds. The van der Waals surface area contributed by atoms with E-state index in [9.17, 15) is 4.79 Å². The van der Waals surface area contributed by atoms with Crippen LogP contribution in [-0.2, 0) is 4.79 Å². The van der Waals surface area contributed by atoms with Crippen LogP contribution in [0.3, 0.4) is 0 Å². The molecule has 2 aliphatic rings. The summed E-state index contributed by atoms with van der Waals surface area (Å²) in [6.07, 6.45) is 6.17. The lowest BCUT2D eigenvalue weighted by atomic mass is 9.95. The zero-order valence-corrected chi connectivity index (χ0v) is 18.0. The second-order valence-corrected chi connectivity index (χ2v) is 10.4. The first-order valence-corrected chi connectivity index (χ1v) is 12.5. The Bertz CT molecular complexity index is 617. The Morgan fingerprint density at radius 1 is 1.22 bits per heavy atom. The van der Waals surface area contributed by atoms with E-state index in [0.29, 0.717) is 25.6 Å². The molecule has 1 aromatic rings. The Morgan fingerprint density at radius 2 is 2.04 bits per heavy atom. The molecule has 2 atom stereocenters. The van der Waals surface area contributed by atoms with Crippen molar-refractivity contribution in [3.8, 4) is 11.5 Å². The Labute approximate surface area is 170 Å². The lowest BCUT2D eigenvalue weighted by Crippen LogP contribution is -2.31. The maximum Gasteiger partial charge on any atom is 0.220 e. The van der Waals surface area contributed by atoms with Gasteiger partial charge in [-0.15, -0.1) is 0 Å². The molecule has 1 aromatic carbocycles. The summed E-state index contributed by atoms with van der Waals surface area (Å²) in [6.45, 7) is 5.65. The van der Waals surface area contributed by atoms with Crippen molar-refractivity contribution in [2.75, 3.05) is 19.0 Å². The molecule has 1 fully saturated rings. The molecule has 1 N–H and O–H groups in total. The molecule has 0 saturated carbocycles. The molecule has 0 radical (unpaired) electrons. The van der Waals surface area contributed by atoms with Crippen LogP contribution in [0.15, 0.2) is 18.2 Å². The number of rotatable bonds is 8.